The van der Waals surface area contributed by atoms with Crippen molar-refractivity contribution in [1.29, 1.82) is 0 Å². The highest BCUT2D eigenvalue weighted by atomic mass is 19.4. The lowest BCUT2D eigenvalue weighted by atomic mass is 9.96. The molecule has 7 nitrogen and oxygen atoms in total. The topological polar surface area (TPSA) is 86.4 Å². The van der Waals surface area contributed by atoms with E-state index < -0.39 is 41.2 Å². The SMILES string of the molecule is O=C(c1cc(Cc2n[nH]c(=O)c3cc(F)ccc23)ccc1F)N1CC(CN(C(=O)C(F)(F)F)C2CC2)C1. The van der Waals surface area contributed by atoms with Crippen LogP contribution in [0.5, 0.6) is 0 Å². The van der Waals surface area contributed by atoms with Gasteiger partial charge in [-0.3, -0.25) is 14.4 Å². The third kappa shape index (κ3) is 5.05. The van der Waals surface area contributed by atoms with Crippen molar-refractivity contribution in [3.05, 3.63) is 75.2 Å². The van der Waals surface area contributed by atoms with Gasteiger partial charge in [0.15, 0.2) is 0 Å². The lowest BCUT2D eigenvalue weighted by Gasteiger charge is -2.42. The smallest absolute Gasteiger partial charge is 0.338 e. The van der Waals surface area contributed by atoms with E-state index in [1.807, 2.05) is 0 Å². The number of fused-ring (bicyclic) bond motifs is 1. The number of rotatable bonds is 6. The summed E-state index contributed by atoms with van der Waals surface area (Å²) >= 11 is 0. The number of nitrogens with one attached hydrogen (secondary N) is 1. The number of amides is 2. The van der Waals surface area contributed by atoms with Crippen molar-refractivity contribution in [3.63, 3.8) is 0 Å². The van der Waals surface area contributed by atoms with Crippen LogP contribution in [0.3, 0.4) is 0 Å². The second-order valence-electron chi connectivity index (χ2n) is 9.44. The number of alkyl halides is 3. The molecular formula is C25H21F5N4O3. The molecule has 2 aromatic carbocycles. The van der Waals surface area contributed by atoms with Crippen LogP contribution in [0.25, 0.3) is 10.8 Å². The monoisotopic (exact) mass is 520 g/mol. The minimum atomic E-state index is -4.95. The molecular weight excluding hydrogens is 499 g/mol. The van der Waals surface area contributed by atoms with E-state index in [0.717, 1.165) is 17.0 Å². The van der Waals surface area contributed by atoms with Gasteiger partial charge >= 0.3 is 12.1 Å². The largest absolute Gasteiger partial charge is 0.471 e. The molecule has 37 heavy (non-hydrogen) atoms. The molecule has 1 aliphatic carbocycles. The second kappa shape index (κ2) is 9.24. The molecule has 2 aliphatic rings. The third-order valence-corrected chi connectivity index (χ3v) is 6.65. The maximum absolute atomic E-state index is 14.6. The zero-order chi connectivity index (χ0) is 26.5. The third-order valence-electron chi connectivity index (χ3n) is 6.65. The lowest BCUT2D eigenvalue weighted by molar-refractivity contribution is -0.187. The van der Waals surface area contributed by atoms with Gasteiger partial charge in [0.25, 0.3) is 11.5 Å². The van der Waals surface area contributed by atoms with Crippen molar-refractivity contribution in [3.8, 4) is 0 Å². The van der Waals surface area contributed by atoms with Gasteiger partial charge in [-0.2, -0.15) is 18.3 Å². The maximum Gasteiger partial charge on any atom is 0.471 e. The number of aromatic amines is 1. The fraction of sp³-hybridized carbons (Fsp3) is 0.360. The average molecular weight is 520 g/mol. The summed E-state index contributed by atoms with van der Waals surface area (Å²) in [7, 11) is 0. The molecule has 3 aromatic rings. The lowest BCUT2D eigenvalue weighted by Crippen LogP contribution is -2.56. The molecule has 2 fully saturated rings. The minimum Gasteiger partial charge on any atom is -0.338 e. The molecule has 5 rings (SSSR count). The van der Waals surface area contributed by atoms with E-state index in [0.29, 0.717) is 29.5 Å². The van der Waals surface area contributed by atoms with E-state index in [2.05, 4.69) is 10.2 Å². The number of hydrogen-bond donors (Lipinski definition) is 1. The van der Waals surface area contributed by atoms with Crippen LogP contribution in [0.1, 0.15) is 34.5 Å². The van der Waals surface area contributed by atoms with Crippen molar-refractivity contribution in [1.82, 2.24) is 20.0 Å². The Hall–Kier alpha value is -3.83. The van der Waals surface area contributed by atoms with Gasteiger partial charge < -0.3 is 9.80 Å². The summed E-state index contributed by atoms with van der Waals surface area (Å²) in [6.07, 6.45) is -3.79. The van der Waals surface area contributed by atoms with Crippen LogP contribution in [0, 0.1) is 17.6 Å². The number of carbonyl (C=O) groups excluding carboxylic acids is 2. The Morgan fingerprint density at radius 3 is 2.46 bits per heavy atom. The van der Waals surface area contributed by atoms with E-state index in [1.165, 1.54) is 29.2 Å². The predicted molar refractivity (Wildman–Crippen MR) is 122 cm³/mol. The number of likely N-dealkylation sites (tertiary alicyclic amines) is 1. The number of halogens is 5. The number of benzene rings is 2. The van der Waals surface area contributed by atoms with E-state index in [4.69, 9.17) is 0 Å². The van der Waals surface area contributed by atoms with Crippen molar-refractivity contribution >= 4 is 22.6 Å². The molecule has 0 unspecified atom stereocenters. The number of aromatic nitrogens is 2. The molecule has 1 N–H and O–H groups in total. The highest BCUT2D eigenvalue weighted by Crippen LogP contribution is 2.33. The summed E-state index contributed by atoms with van der Waals surface area (Å²) in [5, 5.41) is 6.85. The molecule has 2 heterocycles. The summed E-state index contributed by atoms with van der Waals surface area (Å²) in [5.74, 6) is -4.16. The van der Waals surface area contributed by atoms with Crippen LogP contribution in [0.4, 0.5) is 22.0 Å². The van der Waals surface area contributed by atoms with Crippen LogP contribution < -0.4 is 5.56 Å². The number of H-pyrrole nitrogens is 1. The Morgan fingerprint density at radius 2 is 1.78 bits per heavy atom. The van der Waals surface area contributed by atoms with Gasteiger partial charge in [0.1, 0.15) is 11.6 Å². The molecule has 0 atom stereocenters. The molecule has 0 bridgehead atoms. The van der Waals surface area contributed by atoms with E-state index >= 15 is 0 Å². The molecule has 2 amide bonds. The first-order valence-corrected chi connectivity index (χ1v) is 11.6. The van der Waals surface area contributed by atoms with Gasteiger partial charge in [0.05, 0.1) is 16.6 Å². The summed E-state index contributed by atoms with van der Waals surface area (Å²) in [5.41, 5.74) is 0.152. The van der Waals surface area contributed by atoms with Gasteiger partial charge in [-0.25, -0.2) is 13.9 Å². The zero-order valence-corrected chi connectivity index (χ0v) is 19.3. The summed E-state index contributed by atoms with van der Waals surface area (Å²) in [6, 6.07) is 7.23. The quantitative estimate of drug-likeness (QED) is 0.505. The fourth-order valence-electron chi connectivity index (χ4n) is 4.62. The van der Waals surface area contributed by atoms with Crippen LogP contribution in [-0.4, -0.2) is 63.7 Å². The Morgan fingerprint density at radius 1 is 1.05 bits per heavy atom. The first kappa shape index (κ1) is 24.8. The van der Waals surface area contributed by atoms with Crippen LogP contribution in [0.2, 0.25) is 0 Å². The van der Waals surface area contributed by atoms with Crippen molar-refractivity contribution in [2.75, 3.05) is 19.6 Å². The molecule has 194 valence electrons. The number of hydrogen-bond acceptors (Lipinski definition) is 4. The Labute approximate surface area is 206 Å². The molecule has 1 aliphatic heterocycles. The van der Waals surface area contributed by atoms with Gasteiger partial charge in [0.2, 0.25) is 0 Å². The average Bonchev–Trinajstić information content (AvgIpc) is 3.65. The molecule has 0 spiro atoms. The predicted octanol–water partition coefficient (Wildman–Crippen LogP) is 3.42. The normalized spacial score (nSPS) is 16.1. The van der Waals surface area contributed by atoms with Gasteiger partial charge in [-0.1, -0.05) is 6.07 Å². The maximum atomic E-state index is 14.6. The fourth-order valence-corrected chi connectivity index (χ4v) is 4.62. The summed E-state index contributed by atoms with van der Waals surface area (Å²) in [4.78, 5) is 38.8. The highest BCUT2D eigenvalue weighted by molar-refractivity contribution is 5.95. The first-order chi connectivity index (χ1) is 17.5. The Bertz CT molecular complexity index is 1440. The zero-order valence-electron chi connectivity index (χ0n) is 19.3. The van der Waals surface area contributed by atoms with Gasteiger partial charge in [-0.15, -0.1) is 0 Å². The molecule has 0 radical (unpaired) electrons. The molecule has 12 heteroatoms. The van der Waals surface area contributed by atoms with Crippen molar-refractivity contribution in [2.24, 2.45) is 5.92 Å². The highest BCUT2D eigenvalue weighted by Gasteiger charge is 2.48. The molecule has 1 aromatic heterocycles. The van der Waals surface area contributed by atoms with Crippen LogP contribution in [-0.2, 0) is 11.2 Å². The molecule has 1 saturated heterocycles. The van der Waals surface area contributed by atoms with Crippen LogP contribution >= 0.6 is 0 Å². The van der Waals surface area contributed by atoms with Gasteiger partial charge in [-0.05, 0) is 48.7 Å². The second-order valence-corrected chi connectivity index (χ2v) is 9.44. The number of carbonyl (C=O) groups is 2. The first-order valence-electron chi connectivity index (χ1n) is 11.6. The van der Waals surface area contributed by atoms with Crippen molar-refractivity contribution < 1.29 is 31.5 Å². The van der Waals surface area contributed by atoms with E-state index in [9.17, 15) is 36.3 Å². The minimum absolute atomic E-state index is 0.106. The van der Waals surface area contributed by atoms with E-state index in [-0.39, 0.29) is 42.9 Å². The summed E-state index contributed by atoms with van der Waals surface area (Å²) < 4.78 is 66.9. The Balaban J connectivity index is 1.28. The van der Waals surface area contributed by atoms with Gasteiger partial charge in [0, 0.05) is 43.4 Å². The standard InChI is InChI=1S/C25H21F5N4O3/c26-15-2-5-17-18(9-15)22(35)32-31-21(17)8-13-1-6-20(27)19(7-13)23(36)33-10-14(11-33)12-34(16-3-4-16)24(37)25(28,29)30/h1-2,5-7,9,14,16H,3-4,8,10-12H2,(H,32,35). The van der Waals surface area contributed by atoms with Crippen LogP contribution in [0.15, 0.2) is 41.2 Å². The Kier molecular flexibility index (Phi) is 6.20. The molecule has 1 saturated carbocycles. The summed E-state index contributed by atoms with van der Waals surface area (Å²) in [6.45, 7) is 0.101. The number of nitrogens with zero attached hydrogens (tertiary/aromatic N) is 3. The van der Waals surface area contributed by atoms with Crippen molar-refractivity contribution in [2.45, 2.75) is 31.5 Å². The van der Waals surface area contributed by atoms with E-state index in [1.54, 1.807) is 0 Å².